The van der Waals surface area contributed by atoms with Crippen LogP contribution in [-0.2, 0) is 19.4 Å². The summed E-state index contributed by atoms with van der Waals surface area (Å²) < 4.78 is 28.8. The fourth-order valence-corrected chi connectivity index (χ4v) is 3.22. The fourth-order valence-electron chi connectivity index (χ4n) is 1.81. The first-order valence-electron chi connectivity index (χ1n) is 6.85. The van der Waals surface area contributed by atoms with E-state index in [9.17, 15) is 18.3 Å². The van der Waals surface area contributed by atoms with Crippen molar-refractivity contribution >= 4 is 27.4 Å². The molecule has 1 aromatic rings. The minimum Gasteiger partial charge on any atom is -0.459 e. The molecule has 0 saturated carbocycles. The van der Waals surface area contributed by atoms with Crippen LogP contribution in [0.25, 0.3) is 0 Å². The second kappa shape index (κ2) is 7.44. The van der Waals surface area contributed by atoms with Crippen LogP contribution in [-0.4, -0.2) is 36.6 Å². The molecule has 22 heavy (non-hydrogen) atoms. The van der Waals surface area contributed by atoms with Crippen LogP contribution in [0.4, 0.5) is 0 Å². The molecule has 124 valence electrons. The predicted octanol–water partition coefficient (Wildman–Crippen LogP) is 2.52. The number of esters is 1. The van der Waals surface area contributed by atoms with Gasteiger partial charge in [0.1, 0.15) is 11.4 Å². The van der Waals surface area contributed by atoms with Crippen LogP contribution in [0.3, 0.4) is 0 Å². The van der Waals surface area contributed by atoms with Crippen LogP contribution >= 0.6 is 11.6 Å². The molecule has 0 aliphatic rings. The van der Waals surface area contributed by atoms with Gasteiger partial charge in [-0.3, -0.25) is 4.79 Å². The van der Waals surface area contributed by atoms with Crippen molar-refractivity contribution in [3.63, 3.8) is 0 Å². The summed E-state index contributed by atoms with van der Waals surface area (Å²) in [6.45, 7) is 5.00. The van der Waals surface area contributed by atoms with Crippen molar-refractivity contribution in [2.24, 2.45) is 0 Å². The molecule has 0 radical (unpaired) electrons. The molecular formula is C15H21ClO5S. The first-order chi connectivity index (χ1) is 10.0. The van der Waals surface area contributed by atoms with Crippen molar-refractivity contribution in [2.75, 3.05) is 11.5 Å². The number of hydrogen-bond donors (Lipinski definition) is 1. The Balaban J connectivity index is 2.59. The van der Waals surface area contributed by atoms with E-state index < -0.39 is 33.3 Å². The number of halogens is 1. The summed E-state index contributed by atoms with van der Waals surface area (Å²) in [5.41, 5.74) is -0.263. The molecule has 0 aliphatic carbocycles. The summed E-state index contributed by atoms with van der Waals surface area (Å²) in [5, 5.41) is 10.4. The van der Waals surface area contributed by atoms with Gasteiger partial charge in [-0.15, -0.1) is 0 Å². The van der Waals surface area contributed by atoms with E-state index >= 15 is 0 Å². The number of sulfone groups is 1. The fraction of sp³-hybridized carbons (Fsp3) is 0.533. The van der Waals surface area contributed by atoms with Crippen LogP contribution in [0.15, 0.2) is 24.3 Å². The summed E-state index contributed by atoms with van der Waals surface area (Å²) in [5.74, 6) is -1.81. The summed E-state index contributed by atoms with van der Waals surface area (Å²) in [7, 11) is -3.65. The molecule has 7 heteroatoms. The van der Waals surface area contributed by atoms with Crippen molar-refractivity contribution in [3.8, 4) is 0 Å². The first-order valence-corrected chi connectivity index (χ1v) is 9.05. The second-order valence-electron chi connectivity index (χ2n) is 6.00. The van der Waals surface area contributed by atoms with E-state index in [1.807, 2.05) is 0 Å². The maximum absolute atomic E-state index is 11.9. The standard InChI is InChI=1S/C15H21ClO5S/c1-15(2,3)21-14(18)10-22(19,20)9-8-13(17)11-6-4-5-7-12(11)16/h4-7,13,17H,8-10H2,1-3H3. The molecule has 0 aromatic heterocycles. The number of aliphatic hydroxyl groups is 1. The largest absolute Gasteiger partial charge is 0.459 e. The van der Waals surface area contributed by atoms with E-state index in [1.165, 1.54) is 0 Å². The Kier molecular flexibility index (Phi) is 6.40. The normalized spacial score (nSPS) is 13.7. The summed E-state index contributed by atoms with van der Waals surface area (Å²) in [6, 6.07) is 6.68. The lowest BCUT2D eigenvalue weighted by Crippen LogP contribution is -2.29. The van der Waals surface area contributed by atoms with Gasteiger partial charge in [0.05, 0.1) is 11.9 Å². The Bertz CT molecular complexity index is 619. The molecule has 1 unspecified atom stereocenters. The molecule has 0 bridgehead atoms. The van der Waals surface area contributed by atoms with E-state index in [4.69, 9.17) is 16.3 Å². The number of carbonyl (C=O) groups is 1. The van der Waals surface area contributed by atoms with Gasteiger partial charge in [-0.1, -0.05) is 29.8 Å². The highest BCUT2D eigenvalue weighted by atomic mass is 35.5. The number of rotatable bonds is 6. The van der Waals surface area contributed by atoms with Crippen LogP contribution in [0, 0.1) is 0 Å². The Morgan fingerprint density at radius 2 is 1.91 bits per heavy atom. The van der Waals surface area contributed by atoms with Gasteiger partial charge in [0.2, 0.25) is 0 Å². The third kappa shape index (κ3) is 6.77. The van der Waals surface area contributed by atoms with Crippen LogP contribution in [0.5, 0.6) is 0 Å². The lowest BCUT2D eigenvalue weighted by atomic mass is 10.1. The maximum Gasteiger partial charge on any atom is 0.321 e. The lowest BCUT2D eigenvalue weighted by molar-refractivity contribution is -0.151. The van der Waals surface area contributed by atoms with Crippen LogP contribution < -0.4 is 0 Å². The van der Waals surface area contributed by atoms with Crippen molar-refractivity contribution in [3.05, 3.63) is 34.9 Å². The second-order valence-corrected chi connectivity index (χ2v) is 8.60. The van der Waals surface area contributed by atoms with E-state index in [1.54, 1.807) is 45.0 Å². The van der Waals surface area contributed by atoms with E-state index in [0.717, 1.165) is 0 Å². The molecule has 0 amide bonds. The molecule has 1 rings (SSSR count). The van der Waals surface area contributed by atoms with Crippen molar-refractivity contribution in [1.29, 1.82) is 0 Å². The third-order valence-electron chi connectivity index (χ3n) is 2.72. The Labute approximate surface area is 136 Å². The van der Waals surface area contributed by atoms with Gasteiger partial charge in [0.25, 0.3) is 0 Å². The molecule has 0 aliphatic heterocycles. The van der Waals surface area contributed by atoms with Gasteiger partial charge < -0.3 is 9.84 Å². The molecule has 0 saturated heterocycles. The van der Waals surface area contributed by atoms with Gasteiger partial charge in [-0.05, 0) is 38.8 Å². The summed E-state index contributed by atoms with van der Waals surface area (Å²) >= 11 is 5.94. The average molecular weight is 349 g/mol. The molecule has 1 aromatic carbocycles. The number of aliphatic hydroxyl groups excluding tert-OH is 1. The molecular weight excluding hydrogens is 328 g/mol. The monoisotopic (exact) mass is 348 g/mol. The number of carbonyl (C=O) groups excluding carboxylic acids is 1. The van der Waals surface area contributed by atoms with Gasteiger partial charge in [0, 0.05) is 5.02 Å². The molecule has 1 atom stereocenters. The van der Waals surface area contributed by atoms with Gasteiger partial charge in [-0.25, -0.2) is 8.42 Å². The lowest BCUT2D eigenvalue weighted by Gasteiger charge is -2.19. The Morgan fingerprint density at radius 1 is 1.32 bits per heavy atom. The van der Waals surface area contributed by atoms with Gasteiger partial charge in [0.15, 0.2) is 9.84 Å². The van der Waals surface area contributed by atoms with Crippen LogP contribution in [0.2, 0.25) is 5.02 Å². The number of ether oxygens (including phenoxy) is 1. The molecule has 0 spiro atoms. The van der Waals surface area contributed by atoms with Crippen molar-refractivity contribution in [2.45, 2.75) is 38.9 Å². The van der Waals surface area contributed by atoms with Crippen molar-refractivity contribution in [1.82, 2.24) is 0 Å². The van der Waals surface area contributed by atoms with E-state index in [2.05, 4.69) is 0 Å². The van der Waals surface area contributed by atoms with Crippen LogP contribution in [0.1, 0.15) is 38.9 Å². The smallest absolute Gasteiger partial charge is 0.321 e. The molecule has 1 N–H and O–H groups in total. The zero-order valence-electron chi connectivity index (χ0n) is 12.9. The molecule has 5 nitrogen and oxygen atoms in total. The minimum absolute atomic E-state index is 0.0329. The molecule has 0 fully saturated rings. The average Bonchev–Trinajstić information content (AvgIpc) is 2.33. The SMILES string of the molecule is CC(C)(C)OC(=O)CS(=O)(=O)CCC(O)c1ccccc1Cl. The maximum atomic E-state index is 11.9. The molecule has 0 heterocycles. The number of benzene rings is 1. The van der Waals surface area contributed by atoms with Gasteiger partial charge >= 0.3 is 5.97 Å². The predicted molar refractivity (Wildman–Crippen MR) is 85.5 cm³/mol. The zero-order valence-corrected chi connectivity index (χ0v) is 14.4. The highest BCUT2D eigenvalue weighted by Gasteiger charge is 2.24. The summed E-state index contributed by atoms with van der Waals surface area (Å²) in [4.78, 5) is 11.6. The van der Waals surface area contributed by atoms with E-state index in [0.29, 0.717) is 10.6 Å². The topological polar surface area (TPSA) is 80.7 Å². The third-order valence-corrected chi connectivity index (χ3v) is 4.60. The Morgan fingerprint density at radius 3 is 2.45 bits per heavy atom. The van der Waals surface area contributed by atoms with Crippen molar-refractivity contribution < 1.29 is 23.1 Å². The first kappa shape index (κ1) is 18.9. The summed E-state index contributed by atoms with van der Waals surface area (Å²) in [6.07, 6.45) is -1.03. The number of hydrogen-bond acceptors (Lipinski definition) is 5. The minimum atomic E-state index is -3.65. The highest BCUT2D eigenvalue weighted by Crippen LogP contribution is 2.25. The quantitative estimate of drug-likeness (QED) is 0.799. The Hall–Kier alpha value is -1.11. The van der Waals surface area contributed by atoms with E-state index in [-0.39, 0.29) is 12.2 Å². The zero-order chi connectivity index (χ0) is 17.0. The van der Waals surface area contributed by atoms with Gasteiger partial charge in [-0.2, -0.15) is 0 Å². The highest BCUT2D eigenvalue weighted by molar-refractivity contribution is 7.92.